The first kappa shape index (κ1) is 17.8. The van der Waals surface area contributed by atoms with E-state index < -0.39 is 5.41 Å². The maximum absolute atomic E-state index is 13.0. The standard InChI is InChI=1S/C21H24ClNO2/c1-25-19-9-7-16(8-10-19)11-14-23-20(24)21(12-2-3-13-21)17-5-4-6-18(22)15-17/h4-10,15H,2-3,11-14H2,1H3,(H,23,24). The zero-order valence-electron chi connectivity index (χ0n) is 14.6. The quantitative estimate of drug-likeness (QED) is 0.825. The highest BCUT2D eigenvalue weighted by atomic mass is 35.5. The minimum absolute atomic E-state index is 0.126. The maximum Gasteiger partial charge on any atom is 0.230 e. The predicted octanol–water partition coefficient (Wildman–Crippen LogP) is 4.52. The average Bonchev–Trinajstić information content (AvgIpc) is 3.13. The fourth-order valence-corrected chi connectivity index (χ4v) is 3.88. The van der Waals surface area contributed by atoms with Crippen LogP contribution < -0.4 is 10.1 Å². The van der Waals surface area contributed by atoms with Crippen molar-refractivity contribution in [3.63, 3.8) is 0 Å². The fraction of sp³-hybridized carbons (Fsp3) is 0.381. The summed E-state index contributed by atoms with van der Waals surface area (Å²) in [4.78, 5) is 13.0. The van der Waals surface area contributed by atoms with E-state index in [1.165, 1.54) is 5.56 Å². The van der Waals surface area contributed by atoms with Crippen LogP contribution in [-0.2, 0) is 16.6 Å². The first-order valence-electron chi connectivity index (χ1n) is 8.81. The van der Waals surface area contributed by atoms with Crippen LogP contribution in [0.25, 0.3) is 0 Å². The number of methoxy groups -OCH3 is 1. The van der Waals surface area contributed by atoms with Crippen molar-refractivity contribution in [1.29, 1.82) is 0 Å². The summed E-state index contributed by atoms with van der Waals surface area (Å²) in [6, 6.07) is 15.7. The molecule has 1 aliphatic rings. The molecule has 25 heavy (non-hydrogen) atoms. The molecule has 1 saturated carbocycles. The molecule has 0 saturated heterocycles. The number of carbonyl (C=O) groups excluding carboxylic acids is 1. The number of rotatable bonds is 6. The summed E-state index contributed by atoms with van der Waals surface area (Å²) < 4.78 is 5.17. The lowest BCUT2D eigenvalue weighted by molar-refractivity contribution is -0.126. The molecule has 2 aromatic carbocycles. The van der Waals surface area contributed by atoms with E-state index >= 15 is 0 Å². The molecule has 0 bridgehead atoms. The Morgan fingerprint density at radius 3 is 2.52 bits per heavy atom. The van der Waals surface area contributed by atoms with Gasteiger partial charge in [-0.2, -0.15) is 0 Å². The lowest BCUT2D eigenvalue weighted by Gasteiger charge is -2.28. The molecule has 0 spiro atoms. The third-order valence-electron chi connectivity index (χ3n) is 5.13. The van der Waals surface area contributed by atoms with Crippen LogP contribution in [0.15, 0.2) is 48.5 Å². The molecular weight excluding hydrogens is 334 g/mol. The molecule has 0 atom stereocenters. The van der Waals surface area contributed by atoms with E-state index in [-0.39, 0.29) is 5.91 Å². The molecular formula is C21H24ClNO2. The lowest BCUT2D eigenvalue weighted by atomic mass is 9.78. The van der Waals surface area contributed by atoms with Gasteiger partial charge in [-0.15, -0.1) is 0 Å². The second-order valence-electron chi connectivity index (χ2n) is 6.65. The van der Waals surface area contributed by atoms with Gasteiger partial charge in [0.05, 0.1) is 12.5 Å². The molecule has 2 aromatic rings. The van der Waals surface area contributed by atoms with E-state index in [9.17, 15) is 4.79 Å². The second kappa shape index (κ2) is 7.92. The molecule has 132 valence electrons. The van der Waals surface area contributed by atoms with Gasteiger partial charge in [0.2, 0.25) is 5.91 Å². The molecule has 3 nitrogen and oxygen atoms in total. The predicted molar refractivity (Wildman–Crippen MR) is 101 cm³/mol. The van der Waals surface area contributed by atoms with Crippen LogP contribution in [0.5, 0.6) is 5.75 Å². The van der Waals surface area contributed by atoms with Crippen molar-refractivity contribution < 1.29 is 9.53 Å². The fourth-order valence-electron chi connectivity index (χ4n) is 3.69. The molecule has 0 unspecified atom stereocenters. The number of hydrogen-bond donors (Lipinski definition) is 1. The summed E-state index contributed by atoms with van der Waals surface area (Å²) in [5.74, 6) is 0.972. The molecule has 0 aliphatic heterocycles. The van der Waals surface area contributed by atoms with Gasteiger partial charge in [-0.25, -0.2) is 0 Å². The highest BCUT2D eigenvalue weighted by molar-refractivity contribution is 6.30. The Morgan fingerprint density at radius 2 is 1.88 bits per heavy atom. The van der Waals surface area contributed by atoms with Gasteiger partial charge < -0.3 is 10.1 Å². The summed E-state index contributed by atoms with van der Waals surface area (Å²) in [6.45, 7) is 0.632. The number of carbonyl (C=O) groups is 1. The summed E-state index contributed by atoms with van der Waals surface area (Å²) >= 11 is 6.16. The highest BCUT2D eigenvalue weighted by Gasteiger charge is 2.42. The summed E-state index contributed by atoms with van der Waals surface area (Å²) in [7, 11) is 1.66. The Kier molecular flexibility index (Phi) is 5.64. The average molecular weight is 358 g/mol. The van der Waals surface area contributed by atoms with Crippen LogP contribution >= 0.6 is 11.6 Å². The van der Waals surface area contributed by atoms with Gasteiger partial charge >= 0.3 is 0 Å². The molecule has 1 aliphatic carbocycles. The smallest absolute Gasteiger partial charge is 0.230 e. The van der Waals surface area contributed by atoms with Crippen LogP contribution in [-0.4, -0.2) is 19.6 Å². The van der Waals surface area contributed by atoms with Crippen LogP contribution in [0, 0.1) is 0 Å². The number of halogens is 1. The van der Waals surface area contributed by atoms with Crippen LogP contribution in [0.3, 0.4) is 0 Å². The maximum atomic E-state index is 13.0. The van der Waals surface area contributed by atoms with Crippen LogP contribution in [0.1, 0.15) is 36.8 Å². The highest BCUT2D eigenvalue weighted by Crippen LogP contribution is 2.42. The minimum Gasteiger partial charge on any atom is -0.497 e. The number of hydrogen-bond acceptors (Lipinski definition) is 2. The van der Waals surface area contributed by atoms with Crippen molar-refractivity contribution in [3.05, 3.63) is 64.7 Å². The number of nitrogens with one attached hydrogen (secondary N) is 1. The Balaban J connectivity index is 1.65. The summed E-state index contributed by atoms with van der Waals surface area (Å²) in [5, 5.41) is 3.84. The van der Waals surface area contributed by atoms with Gasteiger partial charge in [-0.1, -0.05) is 48.7 Å². The van der Waals surface area contributed by atoms with Gasteiger partial charge in [0.25, 0.3) is 0 Å². The van der Waals surface area contributed by atoms with Crippen molar-refractivity contribution in [2.75, 3.05) is 13.7 Å². The lowest BCUT2D eigenvalue weighted by Crippen LogP contribution is -2.43. The third-order valence-corrected chi connectivity index (χ3v) is 5.36. The van der Waals surface area contributed by atoms with E-state index in [2.05, 4.69) is 5.32 Å². The van der Waals surface area contributed by atoms with Gasteiger partial charge in [0, 0.05) is 11.6 Å². The number of amides is 1. The second-order valence-corrected chi connectivity index (χ2v) is 7.09. The first-order chi connectivity index (χ1) is 12.1. The summed E-state index contributed by atoms with van der Waals surface area (Å²) in [6.07, 6.45) is 4.75. The monoisotopic (exact) mass is 357 g/mol. The zero-order chi connectivity index (χ0) is 17.7. The third kappa shape index (κ3) is 3.98. The van der Waals surface area contributed by atoms with Gasteiger partial charge in [-0.05, 0) is 54.7 Å². The van der Waals surface area contributed by atoms with E-state index in [0.717, 1.165) is 43.4 Å². The van der Waals surface area contributed by atoms with Gasteiger partial charge in [0.15, 0.2) is 0 Å². The van der Waals surface area contributed by atoms with Crippen molar-refractivity contribution in [2.24, 2.45) is 0 Å². The van der Waals surface area contributed by atoms with Crippen molar-refractivity contribution >= 4 is 17.5 Å². The van der Waals surface area contributed by atoms with E-state index in [1.54, 1.807) is 7.11 Å². The van der Waals surface area contributed by atoms with Crippen LogP contribution in [0.2, 0.25) is 5.02 Å². The minimum atomic E-state index is -0.426. The zero-order valence-corrected chi connectivity index (χ0v) is 15.3. The Hall–Kier alpha value is -2.00. The molecule has 0 heterocycles. The SMILES string of the molecule is COc1ccc(CCNC(=O)C2(c3cccc(Cl)c3)CCCC2)cc1. The van der Waals surface area contributed by atoms with Crippen molar-refractivity contribution in [1.82, 2.24) is 5.32 Å². The molecule has 1 N–H and O–H groups in total. The number of ether oxygens (including phenoxy) is 1. The normalized spacial score (nSPS) is 15.8. The molecule has 1 fully saturated rings. The Bertz CT molecular complexity index is 721. The first-order valence-corrected chi connectivity index (χ1v) is 9.19. The summed E-state index contributed by atoms with van der Waals surface area (Å²) in [5.41, 5.74) is 1.80. The van der Waals surface area contributed by atoms with Crippen LogP contribution in [0.4, 0.5) is 0 Å². The molecule has 4 heteroatoms. The topological polar surface area (TPSA) is 38.3 Å². The molecule has 1 amide bonds. The Labute approximate surface area is 154 Å². The van der Waals surface area contributed by atoms with E-state index in [1.807, 2.05) is 48.5 Å². The number of benzene rings is 2. The molecule has 0 radical (unpaired) electrons. The molecule has 3 rings (SSSR count). The molecule has 0 aromatic heterocycles. The largest absolute Gasteiger partial charge is 0.497 e. The van der Waals surface area contributed by atoms with E-state index in [0.29, 0.717) is 11.6 Å². The van der Waals surface area contributed by atoms with Crippen molar-refractivity contribution in [2.45, 2.75) is 37.5 Å². The van der Waals surface area contributed by atoms with Gasteiger partial charge in [0.1, 0.15) is 5.75 Å². The van der Waals surface area contributed by atoms with Gasteiger partial charge in [-0.3, -0.25) is 4.79 Å². The Morgan fingerprint density at radius 1 is 1.16 bits per heavy atom. The van der Waals surface area contributed by atoms with Crippen molar-refractivity contribution in [3.8, 4) is 5.75 Å². The van der Waals surface area contributed by atoms with E-state index in [4.69, 9.17) is 16.3 Å².